The third kappa shape index (κ3) is 43.3. The second kappa shape index (κ2) is 9.86. The van der Waals surface area contributed by atoms with Gasteiger partial charge in [-0.05, 0) is 0 Å². The Bertz CT molecular complexity index is 15.5. The van der Waals surface area contributed by atoms with Gasteiger partial charge in [-0.3, -0.25) is 0 Å². The van der Waals surface area contributed by atoms with Gasteiger partial charge in [0.15, 0.2) is 17.4 Å². The van der Waals surface area contributed by atoms with Crippen LogP contribution in [0, 0.1) is 36.9 Å². The molecule has 1 radical (unpaired) electrons. The predicted octanol–water partition coefficient (Wildman–Crippen LogP) is -3.24. The summed E-state index contributed by atoms with van der Waals surface area (Å²) in [5.41, 5.74) is 0. The first-order valence-electron chi connectivity index (χ1n) is 0.775. The molecule has 0 amide bonds. The van der Waals surface area contributed by atoms with E-state index in [0.29, 0.717) is 0 Å². The Hall–Kier alpha value is 1.71. The van der Waals surface area contributed by atoms with Crippen molar-refractivity contribution in [3.05, 3.63) is 0 Å². The van der Waals surface area contributed by atoms with Crippen molar-refractivity contribution in [3.63, 3.8) is 0 Å². The molecule has 0 atom stereocenters. The van der Waals surface area contributed by atoms with Crippen LogP contribution in [0.1, 0.15) is 0 Å². The predicted molar refractivity (Wildman–Crippen MR) is 22.3 cm³/mol. The van der Waals surface area contributed by atoms with Gasteiger partial charge in [-0.2, -0.15) is 0 Å². The van der Waals surface area contributed by atoms with Crippen LogP contribution in [0.4, 0.5) is 0 Å². The van der Waals surface area contributed by atoms with Crippen molar-refractivity contribution in [1.82, 2.24) is 0 Å². The average molecular weight is 267 g/mol. The smallest absolute Gasteiger partial charge is 0.402 e. The van der Waals surface area contributed by atoms with Gasteiger partial charge in [0.05, 0.1) is 0 Å². The molecule has 3 nitrogen and oxygen atoms in total. The molecule has 0 aliphatic carbocycles. The van der Waals surface area contributed by atoms with E-state index in [1.807, 2.05) is 0 Å². The Morgan fingerprint density at radius 3 is 1.00 bits per heavy atom. The number of rotatable bonds is 0. The second-order valence-corrected chi connectivity index (χ2v) is 0.346. The minimum absolute atomic E-state index is 0. The van der Waals surface area contributed by atoms with Crippen LogP contribution in [0.25, 0.3) is 0 Å². The molecule has 0 aliphatic heterocycles. The maximum Gasteiger partial charge on any atom is 0.631 e. The average Bonchev–Trinajstić information content (AvgIpc) is 0.811. The zero-order valence-corrected chi connectivity index (χ0v) is 3.83. The van der Waals surface area contributed by atoms with Gasteiger partial charge in [0, 0.05) is 36.9 Å². The molecule has 0 saturated carbocycles. The molecule has 6 heavy (non-hydrogen) atoms. The Morgan fingerprint density at radius 1 is 1.00 bits per heavy atom. The van der Waals surface area contributed by atoms with E-state index in [1.165, 1.54) is 0 Å². The molecular formula is H6AlBLuO3. The minimum Gasteiger partial charge on any atom is -0.402 e. The third-order valence-electron chi connectivity index (χ3n) is 0. The summed E-state index contributed by atoms with van der Waals surface area (Å²) < 4.78 is 0. The van der Waals surface area contributed by atoms with Crippen LogP contribution >= 0.6 is 0 Å². The summed E-state index contributed by atoms with van der Waals surface area (Å²) in [5, 5.41) is 21.5. The summed E-state index contributed by atoms with van der Waals surface area (Å²) >= 11 is 0. The fourth-order valence-electron chi connectivity index (χ4n) is 0. The van der Waals surface area contributed by atoms with Crippen molar-refractivity contribution in [2.75, 3.05) is 0 Å². The van der Waals surface area contributed by atoms with Gasteiger partial charge in [-0.25, -0.2) is 0 Å². The first kappa shape index (κ1) is 15.6. The van der Waals surface area contributed by atoms with E-state index in [-0.39, 0.29) is 54.2 Å². The number of hydrogen-bond donors (Lipinski definition) is 3. The van der Waals surface area contributed by atoms with E-state index in [9.17, 15) is 0 Å². The number of hydrogen-bond acceptors (Lipinski definition) is 3. The van der Waals surface area contributed by atoms with Gasteiger partial charge in [0.2, 0.25) is 0 Å². The van der Waals surface area contributed by atoms with Crippen molar-refractivity contribution >= 4 is 24.7 Å². The van der Waals surface area contributed by atoms with Gasteiger partial charge in [0.1, 0.15) is 0 Å². The molecule has 0 aromatic carbocycles. The van der Waals surface area contributed by atoms with Gasteiger partial charge in [-0.15, -0.1) is 0 Å². The van der Waals surface area contributed by atoms with E-state index >= 15 is 0 Å². The standard InChI is InChI=1S/Al.BH3O3.Lu.3H/c;2-1(3)4;;;;/h;2-4H;;;;. The van der Waals surface area contributed by atoms with Gasteiger partial charge >= 0.3 is 7.32 Å². The summed E-state index contributed by atoms with van der Waals surface area (Å²) in [4.78, 5) is 0. The van der Waals surface area contributed by atoms with Crippen LogP contribution < -0.4 is 0 Å². The molecule has 6 heteroatoms. The molecule has 3 N–H and O–H groups in total. The molecule has 45 valence electrons. The first-order valence-corrected chi connectivity index (χ1v) is 0.775. The van der Waals surface area contributed by atoms with E-state index in [4.69, 9.17) is 15.1 Å². The van der Waals surface area contributed by atoms with Gasteiger partial charge in [0.25, 0.3) is 0 Å². The summed E-state index contributed by atoms with van der Waals surface area (Å²) in [5.74, 6) is 0. The molecule has 0 unspecified atom stereocenters. The molecule has 0 fully saturated rings. The third-order valence-corrected chi connectivity index (χ3v) is 0. The van der Waals surface area contributed by atoms with Crippen LogP contribution in [-0.4, -0.2) is 39.8 Å². The van der Waals surface area contributed by atoms with E-state index < -0.39 is 7.32 Å². The quantitative estimate of drug-likeness (QED) is 0.404. The second-order valence-electron chi connectivity index (χ2n) is 0.346. The summed E-state index contributed by atoms with van der Waals surface area (Å²) in [6, 6.07) is 0. The Morgan fingerprint density at radius 2 is 1.00 bits per heavy atom. The summed E-state index contributed by atoms with van der Waals surface area (Å²) in [7, 11) is -2.17. The molecule has 0 aliphatic rings. The molecule has 0 aromatic heterocycles. The minimum atomic E-state index is -2.17. The van der Waals surface area contributed by atoms with Crippen LogP contribution in [-0.2, 0) is 0 Å². The van der Waals surface area contributed by atoms with Crippen molar-refractivity contribution < 1.29 is 51.9 Å². The SMILES string of the molecule is OB(O)O.[AlH3].[Lu]. The Kier molecular flexibility index (Phi) is 25.7. The molecule has 0 heterocycles. The zero-order valence-electron chi connectivity index (χ0n) is 2.18. The fraction of sp³-hybridized carbons (Fsp3) is 0. The van der Waals surface area contributed by atoms with Crippen LogP contribution in [0.5, 0.6) is 0 Å². The maximum atomic E-state index is 7.17. The Balaban J connectivity index is -0.0000000450. The first-order chi connectivity index (χ1) is 1.73. The van der Waals surface area contributed by atoms with Crippen LogP contribution in [0.3, 0.4) is 0 Å². The van der Waals surface area contributed by atoms with E-state index in [0.717, 1.165) is 0 Å². The Labute approximate surface area is 75.9 Å². The molecule has 0 spiro atoms. The normalized spacial score (nSPS) is 4.50. The van der Waals surface area contributed by atoms with Gasteiger partial charge in [-0.1, -0.05) is 0 Å². The van der Waals surface area contributed by atoms with Crippen molar-refractivity contribution in [2.24, 2.45) is 0 Å². The summed E-state index contributed by atoms with van der Waals surface area (Å²) in [6.45, 7) is 0. The zero-order chi connectivity index (χ0) is 3.58. The van der Waals surface area contributed by atoms with Crippen LogP contribution in [0.2, 0.25) is 0 Å². The fourth-order valence-corrected chi connectivity index (χ4v) is 0. The maximum absolute atomic E-state index is 7.17. The monoisotopic (exact) mass is 267 g/mol. The van der Waals surface area contributed by atoms with E-state index in [1.54, 1.807) is 0 Å². The van der Waals surface area contributed by atoms with Crippen molar-refractivity contribution in [3.8, 4) is 0 Å². The van der Waals surface area contributed by atoms with E-state index in [2.05, 4.69) is 0 Å². The molecular weight excluding hydrogens is 261 g/mol. The molecule has 0 bridgehead atoms. The van der Waals surface area contributed by atoms with Crippen molar-refractivity contribution in [2.45, 2.75) is 0 Å². The molecule has 0 aromatic rings. The van der Waals surface area contributed by atoms with Crippen LogP contribution in [0.15, 0.2) is 0 Å². The topological polar surface area (TPSA) is 60.7 Å². The molecule has 0 rings (SSSR count). The van der Waals surface area contributed by atoms with Gasteiger partial charge < -0.3 is 15.1 Å². The molecule has 0 saturated heterocycles. The largest absolute Gasteiger partial charge is 0.631 e. The summed E-state index contributed by atoms with van der Waals surface area (Å²) in [6.07, 6.45) is 0. The van der Waals surface area contributed by atoms with Crippen molar-refractivity contribution in [1.29, 1.82) is 0 Å².